The quantitative estimate of drug-likeness (QED) is 0.0705. The minimum atomic E-state index is -1.34. The van der Waals surface area contributed by atoms with Gasteiger partial charge in [-0.25, -0.2) is 9.59 Å². The fourth-order valence-electron chi connectivity index (χ4n) is 6.61. The summed E-state index contributed by atoms with van der Waals surface area (Å²) >= 11 is 0. The number of phenolic OH excluding ortho intramolecular Hbond substituents is 1. The number of nitrogens with two attached hydrogens (primary N) is 2. The highest BCUT2D eigenvalue weighted by Crippen LogP contribution is 2.16. The van der Waals surface area contributed by atoms with Gasteiger partial charge in [0.2, 0.25) is 29.5 Å². The molecule has 3 unspecified atom stereocenters. The summed E-state index contributed by atoms with van der Waals surface area (Å²) in [6, 6.07) is 7.46. The fourth-order valence-corrected chi connectivity index (χ4v) is 6.61. The van der Waals surface area contributed by atoms with Crippen molar-refractivity contribution in [1.82, 2.24) is 36.8 Å². The van der Waals surface area contributed by atoms with Gasteiger partial charge in [-0.2, -0.15) is 0 Å². The molecule has 7 amide bonds. The molecule has 7 atom stereocenters. The summed E-state index contributed by atoms with van der Waals surface area (Å²) in [5, 5.41) is 35.7. The van der Waals surface area contributed by atoms with E-state index in [1.165, 1.54) is 31.0 Å². The van der Waals surface area contributed by atoms with Crippen molar-refractivity contribution >= 4 is 47.5 Å². The second-order valence-corrected chi connectivity index (χ2v) is 15.3. The number of aliphatic imine (C=N–C) groups is 1. The van der Waals surface area contributed by atoms with Crippen LogP contribution in [-0.2, 0) is 41.6 Å². The molecular weight excluding hydrogens is 789 g/mol. The number of benzene rings is 2. The molecular formula is C42H62N10O9. The largest absolute Gasteiger partial charge is 0.508 e. The number of guanidine groups is 1. The monoisotopic (exact) mass is 850 g/mol. The lowest BCUT2D eigenvalue weighted by Crippen LogP contribution is -2.60. The zero-order chi connectivity index (χ0) is 45.1. The van der Waals surface area contributed by atoms with Gasteiger partial charge in [-0.15, -0.1) is 0 Å². The van der Waals surface area contributed by atoms with Crippen LogP contribution < -0.4 is 43.4 Å². The lowest BCUT2D eigenvalue weighted by molar-refractivity contribution is -0.142. The molecule has 1 heterocycles. The number of carbonyl (C=O) groups is 7. The Balaban J connectivity index is 1.97. The highest BCUT2D eigenvalue weighted by Gasteiger charge is 2.36. The maximum atomic E-state index is 14.2. The second-order valence-electron chi connectivity index (χ2n) is 15.3. The standard InChI is InChI=1S/C42H62N10O9/c1-5-25(2)34-38(57)47-31(21-18-27-16-19-29(53)20-17-27)39(58)52(4)26(3)35(54)48-33(24-28-12-7-6-8-13-28)36(55)45-22-10-9-14-30(37(56)51-34)49-42(61)50-32(40(59)60)15-11-23-46-41(43)44/h6-8,12-13,16-17,19-20,25-26,30-34,53H,5,9-11,14-15,18,21-24H2,1-4H3,(H,45,55)(H,47,57)(H,48,54)(H,51,56)(H,59,60)(H4,43,44,46)(H2,49,50,61)/t25?,26-,30+,31?,32+,33-,34?/m0/s1. The first-order valence-electron chi connectivity index (χ1n) is 20.6. The molecule has 1 saturated heterocycles. The molecule has 1 fully saturated rings. The van der Waals surface area contributed by atoms with E-state index in [0.29, 0.717) is 19.3 Å². The fraction of sp³-hybridized carbons (Fsp3) is 0.524. The molecule has 19 nitrogen and oxygen atoms in total. The van der Waals surface area contributed by atoms with E-state index < -0.39 is 83.7 Å². The number of carbonyl (C=O) groups excluding carboxylic acids is 6. The number of aromatic hydroxyl groups is 1. The number of hydrogen-bond acceptors (Lipinski definition) is 9. The molecule has 1 aliphatic heterocycles. The Kier molecular flexibility index (Phi) is 19.8. The number of amides is 7. The van der Waals surface area contributed by atoms with Crippen molar-refractivity contribution in [1.29, 1.82) is 0 Å². The summed E-state index contributed by atoms with van der Waals surface area (Å²) in [6.07, 6.45) is 1.85. The van der Waals surface area contributed by atoms with Gasteiger partial charge in [0, 0.05) is 26.6 Å². The Morgan fingerprint density at radius 2 is 1.57 bits per heavy atom. The van der Waals surface area contributed by atoms with E-state index >= 15 is 0 Å². The van der Waals surface area contributed by atoms with Crippen molar-refractivity contribution in [3.05, 3.63) is 65.7 Å². The van der Waals surface area contributed by atoms with Gasteiger partial charge in [-0.05, 0) is 81.0 Å². The number of urea groups is 1. The van der Waals surface area contributed by atoms with Crippen LogP contribution in [0, 0.1) is 5.92 Å². The summed E-state index contributed by atoms with van der Waals surface area (Å²) in [5.74, 6) is -4.96. The van der Waals surface area contributed by atoms with E-state index in [-0.39, 0.29) is 63.3 Å². The zero-order valence-corrected chi connectivity index (χ0v) is 35.3. The van der Waals surface area contributed by atoms with Crippen molar-refractivity contribution in [2.45, 2.75) is 115 Å². The molecule has 0 aromatic heterocycles. The first-order chi connectivity index (χ1) is 29.0. The van der Waals surface area contributed by atoms with Crippen LogP contribution in [0.1, 0.15) is 76.8 Å². The highest BCUT2D eigenvalue weighted by molar-refractivity contribution is 5.96. The number of carboxylic acid groups (broad SMARTS) is 1. The van der Waals surface area contributed by atoms with Crippen LogP contribution in [0.15, 0.2) is 59.6 Å². The maximum Gasteiger partial charge on any atom is 0.326 e. The Morgan fingerprint density at radius 3 is 2.21 bits per heavy atom. The molecule has 0 bridgehead atoms. The predicted octanol–water partition coefficient (Wildman–Crippen LogP) is 0.390. The summed E-state index contributed by atoms with van der Waals surface area (Å²) in [6.45, 7) is 5.36. The van der Waals surface area contributed by atoms with Gasteiger partial charge >= 0.3 is 12.0 Å². The topological polar surface area (TPSA) is 300 Å². The third kappa shape index (κ3) is 16.3. The van der Waals surface area contributed by atoms with Crippen molar-refractivity contribution in [2.75, 3.05) is 20.1 Å². The van der Waals surface area contributed by atoms with E-state index in [4.69, 9.17) is 11.5 Å². The number of aryl methyl sites for hydroxylation is 1. The number of nitrogens with zero attached hydrogens (tertiary/aromatic N) is 2. The molecule has 19 heteroatoms. The number of carboxylic acids is 1. The van der Waals surface area contributed by atoms with Gasteiger partial charge in [0.05, 0.1) is 0 Å². The van der Waals surface area contributed by atoms with Gasteiger partial charge in [0.15, 0.2) is 5.96 Å². The Morgan fingerprint density at radius 1 is 0.902 bits per heavy atom. The van der Waals surface area contributed by atoms with Crippen LogP contribution in [0.4, 0.5) is 4.79 Å². The summed E-state index contributed by atoms with van der Waals surface area (Å²) in [7, 11) is 1.43. The Bertz CT molecular complexity index is 1820. The van der Waals surface area contributed by atoms with Crippen molar-refractivity contribution < 1.29 is 43.8 Å². The smallest absolute Gasteiger partial charge is 0.326 e. The molecule has 61 heavy (non-hydrogen) atoms. The number of nitrogens with one attached hydrogen (secondary N) is 6. The average Bonchev–Trinajstić information content (AvgIpc) is 3.23. The third-order valence-electron chi connectivity index (χ3n) is 10.7. The lowest BCUT2D eigenvalue weighted by Gasteiger charge is -2.32. The van der Waals surface area contributed by atoms with Crippen LogP contribution >= 0.6 is 0 Å². The van der Waals surface area contributed by atoms with Gasteiger partial charge in [0.25, 0.3) is 0 Å². The van der Waals surface area contributed by atoms with E-state index in [2.05, 4.69) is 36.9 Å². The summed E-state index contributed by atoms with van der Waals surface area (Å²) in [4.78, 5) is 100. The molecule has 0 radical (unpaired) electrons. The van der Waals surface area contributed by atoms with E-state index in [1.54, 1.807) is 19.1 Å². The van der Waals surface area contributed by atoms with Crippen LogP contribution in [0.25, 0.3) is 0 Å². The predicted molar refractivity (Wildman–Crippen MR) is 228 cm³/mol. The number of likely N-dealkylation sites (N-methyl/N-ethyl adjacent to an activating group) is 1. The van der Waals surface area contributed by atoms with E-state index in [0.717, 1.165) is 11.1 Å². The number of hydrogen-bond donors (Lipinski definition) is 10. The van der Waals surface area contributed by atoms with Gasteiger partial charge < -0.3 is 58.5 Å². The Labute approximate surface area is 356 Å². The van der Waals surface area contributed by atoms with Crippen LogP contribution in [0.5, 0.6) is 5.75 Å². The molecule has 0 saturated carbocycles. The van der Waals surface area contributed by atoms with Crippen LogP contribution in [0.3, 0.4) is 0 Å². The number of aliphatic carboxylic acids is 1. The van der Waals surface area contributed by atoms with Crippen molar-refractivity contribution in [2.24, 2.45) is 22.4 Å². The average molecular weight is 851 g/mol. The molecule has 1 aliphatic rings. The summed E-state index contributed by atoms with van der Waals surface area (Å²) < 4.78 is 0. The first-order valence-corrected chi connectivity index (χ1v) is 20.6. The molecule has 334 valence electrons. The second kappa shape index (κ2) is 24.6. The normalized spacial score (nSPS) is 22.1. The SMILES string of the molecule is CCC(C)C1NC(=O)[C@H](NC(=O)N[C@H](CCCN=C(N)N)C(=O)O)CCCCNC(=O)[C@H](Cc2ccccc2)NC(=O)[C@H](C)N(C)C(=O)C(CCc2ccc(O)cc2)NC1=O. The molecule has 2 aromatic rings. The van der Waals surface area contributed by atoms with E-state index in [1.807, 2.05) is 37.3 Å². The summed E-state index contributed by atoms with van der Waals surface area (Å²) in [5.41, 5.74) is 12.2. The first kappa shape index (κ1) is 49.0. The molecule has 2 aromatic carbocycles. The number of phenols is 1. The van der Waals surface area contributed by atoms with Gasteiger partial charge in [-0.1, -0.05) is 62.7 Å². The Hall–Kier alpha value is -6.40. The van der Waals surface area contributed by atoms with Gasteiger partial charge in [-0.3, -0.25) is 29.0 Å². The molecule has 0 aliphatic carbocycles. The van der Waals surface area contributed by atoms with Crippen LogP contribution in [0.2, 0.25) is 0 Å². The van der Waals surface area contributed by atoms with Crippen molar-refractivity contribution in [3.8, 4) is 5.75 Å². The minimum absolute atomic E-state index is 0.0152. The van der Waals surface area contributed by atoms with Gasteiger partial charge in [0.1, 0.15) is 42.0 Å². The minimum Gasteiger partial charge on any atom is -0.508 e. The maximum absolute atomic E-state index is 14.2. The third-order valence-corrected chi connectivity index (χ3v) is 10.7. The van der Waals surface area contributed by atoms with E-state index in [9.17, 15) is 43.8 Å². The highest BCUT2D eigenvalue weighted by atomic mass is 16.4. The molecule has 3 rings (SSSR count). The zero-order valence-electron chi connectivity index (χ0n) is 35.3. The molecule has 12 N–H and O–H groups in total. The van der Waals surface area contributed by atoms with Crippen molar-refractivity contribution in [3.63, 3.8) is 0 Å². The van der Waals surface area contributed by atoms with Crippen LogP contribution in [-0.4, -0.2) is 119 Å². The lowest BCUT2D eigenvalue weighted by atomic mass is 9.96. The molecule has 0 spiro atoms. The number of rotatable bonds is 14.